The molecule has 6 rings (SSSR count). The Balaban J connectivity index is 1.42. The Labute approximate surface area is 203 Å². The van der Waals surface area contributed by atoms with E-state index < -0.39 is 11.8 Å². The molecule has 1 aliphatic carbocycles. The van der Waals surface area contributed by atoms with Gasteiger partial charge in [0.25, 0.3) is 0 Å². The van der Waals surface area contributed by atoms with Gasteiger partial charge in [0.15, 0.2) is 5.65 Å². The predicted octanol–water partition coefficient (Wildman–Crippen LogP) is 4.30. The average Bonchev–Trinajstić information content (AvgIpc) is 3.46. The van der Waals surface area contributed by atoms with Crippen LogP contribution in [0.3, 0.4) is 0 Å². The van der Waals surface area contributed by atoms with E-state index in [-0.39, 0.29) is 6.04 Å². The zero-order chi connectivity index (χ0) is 24.2. The molecular weight excluding hydrogens is 445 g/mol. The number of hydrogen-bond acceptors (Lipinski definition) is 7. The molecule has 4 aromatic rings. The quantitative estimate of drug-likeness (QED) is 0.455. The number of aryl methyl sites for hydroxylation is 1. The van der Waals surface area contributed by atoms with Crippen LogP contribution in [0.1, 0.15) is 44.7 Å². The monoisotopic (exact) mass is 475 g/mol. The highest BCUT2D eigenvalue weighted by molar-refractivity contribution is 5.78. The van der Waals surface area contributed by atoms with E-state index in [2.05, 4.69) is 5.32 Å². The summed E-state index contributed by atoms with van der Waals surface area (Å²) in [6.07, 6.45) is 2.91. The molecule has 35 heavy (non-hydrogen) atoms. The molecule has 0 radical (unpaired) electrons. The minimum absolute atomic E-state index is 0.219. The van der Waals surface area contributed by atoms with Crippen LogP contribution in [0.25, 0.3) is 28.1 Å². The first-order valence-corrected chi connectivity index (χ1v) is 12.4. The molecule has 1 aliphatic heterocycles. The smallest absolute Gasteiger partial charge is 0.160 e. The Hall–Kier alpha value is -3.33. The molecule has 1 atom stereocenters. The number of hydrogen-bond donors (Lipinski definition) is 2. The van der Waals surface area contributed by atoms with Crippen LogP contribution in [0.4, 0.5) is 16.0 Å². The van der Waals surface area contributed by atoms with Crippen LogP contribution in [-0.2, 0) is 0 Å². The molecule has 2 fully saturated rings. The SMILES string of the molecule is Cc1nc2ccccc2nc1-c1cc2nc(N3CC[C@H](F)C3)cc(N[C@H]3CC[C@](C)(O)CC3)n2n1. The van der Waals surface area contributed by atoms with Crippen molar-refractivity contribution < 1.29 is 9.50 Å². The zero-order valence-electron chi connectivity index (χ0n) is 20.1. The normalized spacial score (nSPS) is 25.0. The average molecular weight is 476 g/mol. The summed E-state index contributed by atoms with van der Waals surface area (Å²) >= 11 is 0. The first-order chi connectivity index (χ1) is 16.8. The first-order valence-electron chi connectivity index (χ1n) is 12.4. The predicted molar refractivity (Wildman–Crippen MR) is 134 cm³/mol. The number of anilines is 2. The first kappa shape index (κ1) is 22.2. The third-order valence-corrected chi connectivity index (χ3v) is 7.27. The summed E-state index contributed by atoms with van der Waals surface area (Å²) in [5.74, 6) is 1.56. The maximum Gasteiger partial charge on any atom is 0.160 e. The number of alkyl halides is 1. The van der Waals surface area contributed by atoms with Gasteiger partial charge in [-0.05, 0) is 58.1 Å². The van der Waals surface area contributed by atoms with E-state index in [9.17, 15) is 9.50 Å². The van der Waals surface area contributed by atoms with Gasteiger partial charge in [-0.2, -0.15) is 9.61 Å². The molecule has 8 nitrogen and oxygen atoms in total. The van der Waals surface area contributed by atoms with Gasteiger partial charge in [-0.3, -0.25) is 0 Å². The Bertz CT molecular complexity index is 1390. The Kier molecular flexibility index (Phi) is 5.32. The lowest BCUT2D eigenvalue weighted by Gasteiger charge is -2.34. The highest BCUT2D eigenvalue weighted by atomic mass is 19.1. The molecule has 3 aromatic heterocycles. The number of fused-ring (bicyclic) bond motifs is 2. The number of rotatable bonds is 4. The van der Waals surface area contributed by atoms with Gasteiger partial charge in [-0.15, -0.1) is 0 Å². The molecule has 2 aliphatic rings. The van der Waals surface area contributed by atoms with Crippen molar-refractivity contribution in [2.24, 2.45) is 0 Å². The van der Waals surface area contributed by atoms with Crippen molar-refractivity contribution >= 4 is 28.3 Å². The fraction of sp³-hybridized carbons (Fsp3) is 0.462. The Morgan fingerprint density at radius 1 is 1.06 bits per heavy atom. The second-order valence-corrected chi connectivity index (χ2v) is 10.2. The summed E-state index contributed by atoms with van der Waals surface area (Å²) in [6.45, 7) is 4.84. The van der Waals surface area contributed by atoms with Gasteiger partial charge in [-0.1, -0.05) is 12.1 Å². The van der Waals surface area contributed by atoms with Crippen molar-refractivity contribution in [2.75, 3.05) is 23.3 Å². The molecule has 182 valence electrons. The van der Waals surface area contributed by atoms with Crippen LogP contribution in [0.2, 0.25) is 0 Å². The molecular formula is C26H30FN7O. The zero-order valence-corrected chi connectivity index (χ0v) is 20.1. The molecule has 0 amide bonds. The summed E-state index contributed by atoms with van der Waals surface area (Å²) in [5, 5.41) is 18.9. The van der Waals surface area contributed by atoms with Gasteiger partial charge in [0.05, 0.1) is 28.9 Å². The Morgan fingerprint density at radius 2 is 1.80 bits per heavy atom. The van der Waals surface area contributed by atoms with Crippen LogP contribution in [0, 0.1) is 6.92 Å². The maximum absolute atomic E-state index is 14.0. The number of benzene rings is 1. The highest BCUT2D eigenvalue weighted by Crippen LogP contribution is 2.32. The topological polar surface area (TPSA) is 91.5 Å². The number of nitrogens with one attached hydrogen (secondary N) is 1. The third-order valence-electron chi connectivity index (χ3n) is 7.27. The Morgan fingerprint density at radius 3 is 2.51 bits per heavy atom. The molecule has 1 saturated carbocycles. The molecule has 1 saturated heterocycles. The second kappa shape index (κ2) is 8.41. The fourth-order valence-corrected chi connectivity index (χ4v) is 5.19. The van der Waals surface area contributed by atoms with Gasteiger partial charge >= 0.3 is 0 Å². The van der Waals surface area contributed by atoms with E-state index in [1.807, 2.05) is 59.7 Å². The van der Waals surface area contributed by atoms with Gasteiger partial charge in [0.2, 0.25) is 0 Å². The lowest BCUT2D eigenvalue weighted by atomic mass is 9.84. The number of aromatic nitrogens is 5. The van der Waals surface area contributed by atoms with Crippen LogP contribution < -0.4 is 10.2 Å². The van der Waals surface area contributed by atoms with Gasteiger partial charge in [0.1, 0.15) is 29.2 Å². The van der Waals surface area contributed by atoms with Crippen molar-refractivity contribution in [1.82, 2.24) is 24.6 Å². The number of aliphatic hydroxyl groups is 1. The second-order valence-electron chi connectivity index (χ2n) is 10.2. The maximum atomic E-state index is 14.0. The molecule has 0 spiro atoms. The van der Waals surface area contributed by atoms with Crippen LogP contribution in [-0.4, -0.2) is 60.6 Å². The van der Waals surface area contributed by atoms with E-state index in [1.165, 1.54) is 0 Å². The van der Waals surface area contributed by atoms with E-state index in [0.29, 0.717) is 30.9 Å². The van der Waals surface area contributed by atoms with Gasteiger partial charge < -0.3 is 15.3 Å². The van der Waals surface area contributed by atoms with Gasteiger partial charge in [0, 0.05) is 24.7 Å². The summed E-state index contributed by atoms with van der Waals surface area (Å²) < 4.78 is 15.8. The highest BCUT2D eigenvalue weighted by Gasteiger charge is 2.30. The molecule has 2 N–H and O–H groups in total. The molecule has 0 unspecified atom stereocenters. The summed E-state index contributed by atoms with van der Waals surface area (Å²) in [7, 11) is 0. The van der Waals surface area contributed by atoms with Crippen molar-refractivity contribution in [3.8, 4) is 11.4 Å². The van der Waals surface area contributed by atoms with Gasteiger partial charge in [-0.25, -0.2) is 19.3 Å². The van der Waals surface area contributed by atoms with Crippen molar-refractivity contribution in [3.05, 3.63) is 42.1 Å². The van der Waals surface area contributed by atoms with Crippen LogP contribution >= 0.6 is 0 Å². The summed E-state index contributed by atoms with van der Waals surface area (Å²) in [5.41, 5.74) is 3.97. The van der Waals surface area contributed by atoms with E-state index >= 15 is 0 Å². The fourth-order valence-electron chi connectivity index (χ4n) is 5.19. The van der Waals surface area contributed by atoms with E-state index in [1.54, 1.807) is 0 Å². The number of halogens is 1. The van der Waals surface area contributed by atoms with E-state index in [4.69, 9.17) is 20.1 Å². The van der Waals surface area contributed by atoms with Crippen molar-refractivity contribution in [1.29, 1.82) is 0 Å². The van der Waals surface area contributed by atoms with Crippen molar-refractivity contribution in [2.45, 2.75) is 63.8 Å². The summed E-state index contributed by atoms with van der Waals surface area (Å²) in [6, 6.07) is 11.9. The third kappa shape index (κ3) is 4.29. The van der Waals surface area contributed by atoms with E-state index in [0.717, 1.165) is 59.7 Å². The largest absolute Gasteiger partial charge is 0.390 e. The molecule has 4 heterocycles. The molecule has 0 bridgehead atoms. The van der Waals surface area contributed by atoms with Crippen molar-refractivity contribution in [3.63, 3.8) is 0 Å². The van der Waals surface area contributed by atoms with Crippen LogP contribution in [0.5, 0.6) is 0 Å². The standard InChI is InChI=1S/C26H30FN7O/c1-16-25(30-20-6-4-3-5-19(20)28-16)21-13-23-31-22(33-12-9-17(27)15-33)14-24(34(23)32-21)29-18-7-10-26(2,35)11-8-18/h3-6,13-14,17-18,29,35H,7-12,15H2,1-2H3/t17-,18-,26-/m0/s1. The molecule has 1 aromatic carbocycles. The van der Waals surface area contributed by atoms with Crippen LogP contribution in [0.15, 0.2) is 36.4 Å². The lowest BCUT2D eigenvalue weighted by Crippen LogP contribution is -2.36. The summed E-state index contributed by atoms with van der Waals surface area (Å²) in [4.78, 5) is 16.4. The minimum Gasteiger partial charge on any atom is -0.390 e. The molecule has 9 heteroatoms. The number of nitrogens with zero attached hydrogens (tertiary/aromatic N) is 6. The minimum atomic E-state index is -0.832. The lowest BCUT2D eigenvalue weighted by molar-refractivity contribution is 0.0196. The number of para-hydroxylation sites is 2.